The van der Waals surface area contributed by atoms with Crippen molar-refractivity contribution in [2.45, 2.75) is 242 Å². The van der Waals surface area contributed by atoms with Gasteiger partial charge in [-0.3, -0.25) is 91.3 Å². The number of nitrogens with zero attached hydrogens (tertiary/aromatic N) is 1. The summed E-state index contributed by atoms with van der Waals surface area (Å²) in [4.78, 5) is 261. The lowest BCUT2D eigenvalue weighted by Crippen LogP contribution is -2.63. The van der Waals surface area contributed by atoms with E-state index in [1.54, 1.807) is 39.8 Å². The van der Waals surface area contributed by atoms with Crippen LogP contribution in [0.4, 0.5) is 0 Å². The molecule has 19 atom stereocenters. The van der Waals surface area contributed by atoms with Crippen molar-refractivity contribution in [3.63, 3.8) is 0 Å². The molecular formula is C76H119N21O26. The van der Waals surface area contributed by atoms with Gasteiger partial charge in [0, 0.05) is 32.2 Å². The van der Waals surface area contributed by atoms with Gasteiger partial charge in [-0.2, -0.15) is 0 Å². The number of carbonyl (C=O) groups is 19. The van der Waals surface area contributed by atoms with E-state index in [4.69, 9.17) is 34.4 Å². The van der Waals surface area contributed by atoms with Crippen LogP contribution in [0, 0.1) is 17.8 Å². The van der Waals surface area contributed by atoms with Gasteiger partial charge < -0.3 is 145 Å². The minimum absolute atomic E-state index is 0.00363. The van der Waals surface area contributed by atoms with Crippen LogP contribution in [0.1, 0.15) is 131 Å². The molecular weight excluding hydrogens is 1620 g/mol. The maximum atomic E-state index is 14.6. The molecule has 684 valence electrons. The summed E-state index contributed by atoms with van der Waals surface area (Å²) in [6, 6.07) is -12.3. The van der Waals surface area contributed by atoms with Gasteiger partial charge in [0.2, 0.25) is 100 Å². The third kappa shape index (κ3) is 37.9. The van der Waals surface area contributed by atoms with Gasteiger partial charge in [0.15, 0.2) is 5.96 Å². The first-order valence-corrected chi connectivity index (χ1v) is 39.3. The molecule has 47 nitrogen and oxygen atoms in total. The highest BCUT2D eigenvalue weighted by molar-refractivity contribution is 6.02. The molecule has 47 heteroatoms. The fraction of sp³-hybridized carbons (Fsp3) is 0.579. The predicted molar refractivity (Wildman–Crippen MR) is 434 cm³/mol. The van der Waals surface area contributed by atoms with Crippen LogP contribution < -0.4 is 109 Å². The number of aliphatic hydroxyl groups is 5. The number of aliphatic imine (C=N–C) groups is 1. The van der Waals surface area contributed by atoms with Crippen molar-refractivity contribution in [3.05, 3.63) is 71.8 Å². The summed E-state index contributed by atoms with van der Waals surface area (Å²) in [6.07, 6.45) is -11.1. The number of guanidine groups is 1. The number of hydrogen-bond donors (Lipinski definition) is 27. The Kier molecular flexibility index (Phi) is 46.1. The molecule has 2 aromatic rings. The molecule has 0 saturated heterocycles. The topological polar surface area (TPSA) is 803 Å². The van der Waals surface area contributed by atoms with Crippen LogP contribution in [0.5, 0.6) is 0 Å². The largest absolute Gasteiger partial charge is 0.481 e. The van der Waals surface area contributed by atoms with Crippen LogP contribution in [0.2, 0.25) is 0 Å². The van der Waals surface area contributed by atoms with Crippen molar-refractivity contribution in [3.8, 4) is 0 Å². The van der Waals surface area contributed by atoms with Gasteiger partial charge in [-0.25, -0.2) is 4.79 Å². The van der Waals surface area contributed by atoms with Crippen LogP contribution in [0.15, 0.2) is 65.7 Å². The van der Waals surface area contributed by atoms with Crippen molar-refractivity contribution in [1.29, 1.82) is 0 Å². The van der Waals surface area contributed by atoms with Crippen LogP contribution >= 0.6 is 0 Å². The molecule has 0 unspecified atom stereocenters. The highest BCUT2D eigenvalue weighted by atomic mass is 16.4. The Bertz CT molecular complexity index is 4000. The molecule has 0 bridgehead atoms. The van der Waals surface area contributed by atoms with Crippen LogP contribution in [0.3, 0.4) is 0 Å². The summed E-state index contributed by atoms with van der Waals surface area (Å²) >= 11 is 0. The molecule has 123 heavy (non-hydrogen) atoms. The number of carboxylic acids is 2. The number of nitrogens with two attached hydrogens (primary N) is 6. The average Bonchev–Trinajstić information content (AvgIpc) is 0.846. The van der Waals surface area contributed by atoms with Crippen molar-refractivity contribution < 1.29 is 127 Å². The minimum atomic E-state index is -2.23. The van der Waals surface area contributed by atoms with E-state index in [-0.39, 0.29) is 36.8 Å². The number of hydrogen-bond acceptors (Lipinski definition) is 26. The molecule has 2 aromatic carbocycles. The summed E-state index contributed by atoms with van der Waals surface area (Å²) in [7, 11) is 0. The molecule has 0 saturated carbocycles. The Morgan fingerprint density at radius 3 is 0.984 bits per heavy atom. The van der Waals surface area contributed by atoms with E-state index < -0.39 is 298 Å². The van der Waals surface area contributed by atoms with Gasteiger partial charge in [-0.05, 0) is 75.3 Å². The lowest BCUT2D eigenvalue weighted by molar-refractivity contribution is -0.144. The molecule has 0 aliphatic rings. The van der Waals surface area contributed by atoms with Crippen molar-refractivity contribution in [1.82, 2.24) is 74.4 Å². The number of amides is 17. The number of aliphatic hydroxyl groups excluding tert-OH is 5. The number of benzene rings is 2. The highest BCUT2D eigenvalue weighted by Gasteiger charge is 2.41. The lowest BCUT2D eigenvalue weighted by atomic mass is 9.98. The Morgan fingerprint density at radius 1 is 0.350 bits per heavy atom. The van der Waals surface area contributed by atoms with Crippen LogP contribution in [-0.2, 0) is 104 Å². The maximum absolute atomic E-state index is 14.6. The zero-order chi connectivity index (χ0) is 93.4. The second-order valence-electron chi connectivity index (χ2n) is 29.9. The molecule has 17 amide bonds. The minimum Gasteiger partial charge on any atom is -0.481 e. The predicted octanol–water partition coefficient (Wildman–Crippen LogP) is -10.9. The summed E-state index contributed by atoms with van der Waals surface area (Å²) in [5.41, 5.74) is 33.8. The maximum Gasteiger partial charge on any atom is 0.326 e. The van der Waals surface area contributed by atoms with Crippen molar-refractivity contribution >= 4 is 118 Å². The van der Waals surface area contributed by atoms with E-state index in [2.05, 4.69) is 79.4 Å². The van der Waals surface area contributed by atoms with Gasteiger partial charge in [-0.15, -0.1) is 0 Å². The first-order chi connectivity index (χ1) is 57.6. The zero-order valence-corrected chi connectivity index (χ0v) is 69.6. The summed E-state index contributed by atoms with van der Waals surface area (Å²) < 4.78 is 0. The van der Waals surface area contributed by atoms with E-state index in [1.165, 1.54) is 62.4 Å². The standard InChI is InChI=1S/C76H119N21O26/c1-10-36(6)55(80)70(117)97-60(39(9)102)74(121)86-44(24-26-52(78)104)62(109)92-50(33-99)69(116)96-59(38(8)101)73(120)85-43(23-25-51(77)103)61(108)91-49(32-98)68(115)88-45(28-40-18-13-11-14-19-40)64(111)89-47(30-53(79)105)65(112)90-48(31-54(106)107)66(113)87-46(29-41-20-15-12-16-21-41)67(114)95-58(37(7)100)72(119)84-42(22-17-27-83-76(81)82)63(110)93-56(34(2)3)71(118)94-57(35(4)5)75(122)123/h11-16,18-21,34-39,42-50,55-60,98-102H,10,17,22-33,80H2,1-9H3,(H2,77,103)(H2,78,104)(H2,79,105)(H,84,119)(H,85,120)(H,86,121)(H,87,113)(H,88,115)(H,89,111)(H,90,112)(H,91,108)(H,92,109)(H,93,110)(H,94,118)(H,95,114)(H,96,116)(H,97,117)(H,106,107)(H,122,123)(H4,81,82,83)/t36-,37+,38+,39+,42-,43-,44-,45-,46-,47-,48-,49-,50-,55-,56-,57-,58-,59-,60-/m0/s1. The van der Waals surface area contributed by atoms with E-state index in [0.717, 1.165) is 20.8 Å². The molecule has 0 aliphatic heterocycles. The van der Waals surface area contributed by atoms with E-state index in [9.17, 15) is 127 Å². The van der Waals surface area contributed by atoms with Gasteiger partial charge in [-0.1, -0.05) is 109 Å². The monoisotopic (exact) mass is 1740 g/mol. The number of rotatable bonds is 56. The zero-order valence-electron chi connectivity index (χ0n) is 69.6. The Morgan fingerprint density at radius 2 is 0.642 bits per heavy atom. The molecule has 0 fully saturated rings. The number of carbonyl (C=O) groups excluding carboxylic acids is 17. The molecule has 33 N–H and O–H groups in total. The fourth-order valence-corrected chi connectivity index (χ4v) is 11.6. The van der Waals surface area contributed by atoms with E-state index in [1.807, 2.05) is 0 Å². The van der Waals surface area contributed by atoms with Crippen LogP contribution in [0.25, 0.3) is 0 Å². The average molecular weight is 1740 g/mol. The number of carboxylic acid groups (broad SMARTS) is 2. The molecule has 0 spiro atoms. The Labute approximate surface area is 707 Å². The number of aliphatic carboxylic acids is 2. The fourth-order valence-electron chi connectivity index (χ4n) is 11.6. The van der Waals surface area contributed by atoms with Gasteiger partial charge in [0.1, 0.15) is 84.6 Å². The third-order valence-electron chi connectivity index (χ3n) is 18.9. The van der Waals surface area contributed by atoms with Crippen molar-refractivity contribution in [2.24, 2.45) is 57.1 Å². The summed E-state index contributed by atoms with van der Waals surface area (Å²) in [5, 5.41) is 105. The number of primary amides is 3. The molecule has 0 aliphatic carbocycles. The summed E-state index contributed by atoms with van der Waals surface area (Å²) in [6.45, 7) is 10.0. The van der Waals surface area contributed by atoms with E-state index >= 15 is 0 Å². The van der Waals surface area contributed by atoms with E-state index in [0.29, 0.717) is 12.0 Å². The SMILES string of the molecule is CC[C@H](C)[C@H](N)C(=O)N[C@H](C(=O)N[C@@H](CCC(N)=O)C(=O)N[C@@H](CO)C(=O)N[C@H](C(=O)N[C@@H](CCC(N)=O)C(=O)N[C@@H](CO)C(=O)N[C@@H](Cc1ccccc1)C(=O)N[C@@H](CC(N)=O)C(=O)N[C@@H](CC(=O)O)C(=O)N[C@@H](Cc1ccccc1)C(=O)N[C@H](C(=O)N[C@@H](CCCN=C(N)N)C(=O)N[C@H](C(=O)N[C@H](C(=O)O)C(C)C)C(C)C)[C@@H](C)O)[C@@H](C)O)[C@@H](C)O. The first kappa shape index (κ1) is 106. The third-order valence-corrected chi connectivity index (χ3v) is 18.9. The van der Waals surface area contributed by atoms with Gasteiger partial charge in [0.25, 0.3) is 0 Å². The first-order valence-electron chi connectivity index (χ1n) is 39.3. The quantitative estimate of drug-likeness (QED) is 0.0166. The van der Waals surface area contributed by atoms with Crippen molar-refractivity contribution in [2.75, 3.05) is 19.8 Å². The Balaban J connectivity index is 2.57. The smallest absolute Gasteiger partial charge is 0.326 e. The molecule has 2 rings (SSSR count). The second kappa shape index (κ2) is 53.2. The van der Waals surface area contributed by atoms with Gasteiger partial charge in [0.05, 0.1) is 50.4 Å². The van der Waals surface area contributed by atoms with Gasteiger partial charge >= 0.3 is 11.9 Å². The normalized spacial score (nSPS) is 15.8. The second-order valence-corrected chi connectivity index (χ2v) is 29.9. The highest BCUT2D eigenvalue weighted by Crippen LogP contribution is 2.15. The van der Waals surface area contributed by atoms with Crippen LogP contribution in [-0.4, -0.2) is 283 Å². The number of nitrogens with one attached hydrogen (secondary N) is 14. The molecule has 0 radical (unpaired) electrons. The molecule has 0 aromatic heterocycles. The molecule has 0 heterocycles. The summed E-state index contributed by atoms with van der Waals surface area (Å²) in [5.74, 6) is -26.0. The lowest BCUT2D eigenvalue weighted by Gasteiger charge is -2.29. The Hall–Kier alpha value is -12.6.